The normalized spacial score (nSPS) is 14.1. The van der Waals surface area contributed by atoms with Gasteiger partial charge in [0, 0.05) is 25.7 Å². The number of carbonyl (C=O) groups excluding carboxylic acids is 4. The molecule has 0 fully saturated rings. The van der Waals surface area contributed by atoms with E-state index in [1.54, 1.807) is 0 Å². The van der Waals surface area contributed by atoms with Crippen molar-refractivity contribution in [1.29, 1.82) is 0 Å². The monoisotopic (exact) mass is 1540 g/mol. The highest BCUT2D eigenvalue weighted by molar-refractivity contribution is 7.47. The first-order valence-electron chi connectivity index (χ1n) is 44.4. The standard InChI is InChI=1S/C86H168O17P2/c1-8-10-11-12-13-14-15-16-21-29-34-39-48-55-62-69-86(91)103-82(74-97-84(89)68-61-54-47-42-41-45-52-59-66-79(7)9-2)76-101-105(94,95)99-72-80(87)71-98-104(92,93)100-75-81(102-85(90)70-63-56-49-40-35-30-25-20-18-23-27-32-37-44-51-58-65-78(5)6)73-96-83(88)67-60-53-46-38-33-28-24-19-17-22-26-31-36-43-50-57-64-77(3)4/h77-82,87H,8-76H2,1-7H3,(H,92,93)(H,94,95)/t79?,80-,81-,82-/m1/s1. The Morgan fingerprint density at radius 3 is 0.724 bits per heavy atom. The van der Waals surface area contributed by atoms with Crippen LogP contribution in [0.15, 0.2) is 0 Å². The summed E-state index contributed by atoms with van der Waals surface area (Å²) in [4.78, 5) is 73.3. The predicted molar refractivity (Wildman–Crippen MR) is 432 cm³/mol. The van der Waals surface area contributed by atoms with E-state index in [1.807, 2.05) is 0 Å². The second-order valence-electron chi connectivity index (χ2n) is 32.1. The molecule has 3 N–H and O–H groups in total. The Kier molecular flexibility index (Phi) is 74.7. The van der Waals surface area contributed by atoms with Gasteiger partial charge in [0.15, 0.2) is 12.2 Å². The van der Waals surface area contributed by atoms with Gasteiger partial charge < -0.3 is 33.8 Å². The second-order valence-corrected chi connectivity index (χ2v) is 35.0. The Bertz CT molecular complexity index is 2030. The molecule has 0 aliphatic heterocycles. The molecule has 3 unspecified atom stereocenters. The molecule has 0 spiro atoms. The fraction of sp³-hybridized carbons (Fsp3) is 0.953. The Labute approximate surface area is 645 Å². The molecule has 0 radical (unpaired) electrons. The van der Waals surface area contributed by atoms with Crippen LogP contribution in [0, 0.1) is 17.8 Å². The molecule has 6 atom stereocenters. The van der Waals surface area contributed by atoms with Gasteiger partial charge in [-0.05, 0) is 43.4 Å². The molecule has 0 saturated heterocycles. The van der Waals surface area contributed by atoms with E-state index in [4.69, 9.17) is 37.0 Å². The zero-order valence-corrected chi connectivity index (χ0v) is 71.0. The van der Waals surface area contributed by atoms with Crippen LogP contribution >= 0.6 is 15.6 Å². The van der Waals surface area contributed by atoms with Crippen LogP contribution in [0.1, 0.15) is 453 Å². The van der Waals surface area contributed by atoms with Crippen molar-refractivity contribution >= 4 is 39.5 Å². The zero-order valence-electron chi connectivity index (χ0n) is 69.2. The molecule has 105 heavy (non-hydrogen) atoms. The van der Waals surface area contributed by atoms with Crippen LogP contribution in [0.2, 0.25) is 0 Å². The Balaban J connectivity index is 5.26. The highest BCUT2D eigenvalue weighted by Crippen LogP contribution is 2.45. The van der Waals surface area contributed by atoms with Gasteiger partial charge in [-0.15, -0.1) is 0 Å². The van der Waals surface area contributed by atoms with Gasteiger partial charge in [-0.3, -0.25) is 37.3 Å². The van der Waals surface area contributed by atoms with Gasteiger partial charge in [-0.25, -0.2) is 9.13 Å². The third-order valence-electron chi connectivity index (χ3n) is 20.5. The second kappa shape index (κ2) is 76.1. The van der Waals surface area contributed by atoms with E-state index in [-0.39, 0.29) is 25.7 Å². The lowest BCUT2D eigenvalue weighted by Gasteiger charge is -2.21. The lowest BCUT2D eigenvalue weighted by Crippen LogP contribution is -2.30. The fourth-order valence-electron chi connectivity index (χ4n) is 13.3. The molecule has 0 aromatic heterocycles. The minimum Gasteiger partial charge on any atom is -0.462 e. The van der Waals surface area contributed by atoms with E-state index >= 15 is 0 Å². The van der Waals surface area contributed by atoms with E-state index in [2.05, 4.69) is 48.5 Å². The van der Waals surface area contributed by atoms with E-state index in [0.717, 1.165) is 108 Å². The number of phosphoric acid groups is 2. The van der Waals surface area contributed by atoms with Gasteiger partial charge in [-0.2, -0.15) is 0 Å². The maximum absolute atomic E-state index is 13.2. The third-order valence-corrected chi connectivity index (χ3v) is 22.4. The summed E-state index contributed by atoms with van der Waals surface area (Å²) in [5.41, 5.74) is 0. The molecule has 17 nitrogen and oxygen atoms in total. The van der Waals surface area contributed by atoms with Crippen LogP contribution in [0.3, 0.4) is 0 Å². The summed E-state index contributed by atoms with van der Waals surface area (Å²) in [6.45, 7) is 12.0. The molecule has 0 amide bonds. The number of aliphatic hydroxyl groups is 1. The number of esters is 4. The van der Waals surface area contributed by atoms with Crippen molar-refractivity contribution < 1.29 is 80.2 Å². The number of phosphoric ester groups is 2. The summed E-state index contributed by atoms with van der Waals surface area (Å²) in [5, 5.41) is 10.7. The van der Waals surface area contributed by atoms with Crippen molar-refractivity contribution in [3.8, 4) is 0 Å². The number of unbranched alkanes of at least 4 members (excludes halogenated alkanes) is 51. The topological polar surface area (TPSA) is 237 Å². The van der Waals surface area contributed by atoms with Gasteiger partial charge in [-0.1, -0.05) is 402 Å². The van der Waals surface area contributed by atoms with Crippen molar-refractivity contribution in [2.75, 3.05) is 39.6 Å². The maximum atomic E-state index is 13.2. The summed E-state index contributed by atoms with van der Waals surface area (Å²) in [6, 6.07) is 0. The van der Waals surface area contributed by atoms with E-state index in [0.29, 0.717) is 25.7 Å². The van der Waals surface area contributed by atoms with Crippen LogP contribution in [0.25, 0.3) is 0 Å². The molecule has 0 heterocycles. The van der Waals surface area contributed by atoms with E-state index < -0.39 is 97.5 Å². The van der Waals surface area contributed by atoms with Gasteiger partial charge in [0.2, 0.25) is 0 Å². The SMILES string of the molecule is CCCCCCCCCCCCCCCCCC(=O)O[C@H](COC(=O)CCCCCCCCCCC(C)CC)COP(=O)(O)OC[C@H](O)COP(=O)(O)OC[C@@H](COC(=O)CCCCCCCCCCCCCCCCCCC(C)C)OC(=O)CCCCCCCCCCCCCCCCCCC(C)C. The lowest BCUT2D eigenvalue weighted by molar-refractivity contribution is -0.161. The lowest BCUT2D eigenvalue weighted by atomic mass is 9.99. The summed E-state index contributed by atoms with van der Waals surface area (Å²) >= 11 is 0. The average molecular weight is 1540 g/mol. The minimum atomic E-state index is -4.97. The Morgan fingerprint density at radius 2 is 0.486 bits per heavy atom. The summed E-state index contributed by atoms with van der Waals surface area (Å²) in [7, 11) is -9.93. The third kappa shape index (κ3) is 78.5. The first-order chi connectivity index (χ1) is 50.8. The highest BCUT2D eigenvalue weighted by atomic mass is 31.2. The first-order valence-corrected chi connectivity index (χ1v) is 47.4. The predicted octanol–water partition coefficient (Wildman–Crippen LogP) is 26.1. The van der Waals surface area contributed by atoms with E-state index in [9.17, 15) is 43.2 Å². The fourth-order valence-corrected chi connectivity index (χ4v) is 14.9. The zero-order chi connectivity index (χ0) is 77.2. The Hall–Kier alpha value is -1.94. The molecule has 624 valence electrons. The van der Waals surface area contributed by atoms with Crippen LogP contribution in [-0.4, -0.2) is 96.7 Å². The van der Waals surface area contributed by atoms with Crippen molar-refractivity contribution in [2.24, 2.45) is 17.8 Å². The molecule has 0 aliphatic rings. The number of hydrogen-bond acceptors (Lipinski definition) is 15. The molecule has 0 bridgehead atoms. The number of ether oxygens (including phenoxy) is 4. The molecule has 0 rings (SSSR count). The number of carbonyl (C=O) groups is 4. The van der Waals surface area contributed by atoms with Crippen molar-refractivity contribution in [1.82, 2.24) is 0 Å². The molecule has 0 saturated carbocycles. The molecular weight excluding hydrogens is 1370 g/mol. The van der Waals surface area contributed by atoms with E-state index in [1.165, 1.54) is 263 Å². The molecule has 19 heteroatoms. The van der Waals surface area contributed by atoms with Crippen LogP contribution < -0.4 is 0 Å². The molecule has 0 aromatic rings. The maximum Gasteiger partial charge on any atom is 0.472 e. The minimum absolute atomic E-state index is 0.108. The molecular formula is C86H168O17P2. The highest BCUT2D eigenvalue weighted by Gasteiger charge is 2.30. The molecule has 0 aliphatic carbocycles. The van der Waals surface area contributed by atoms with Crippen LogP contribution in [0.4, 0.5) is 0 Å². The summed E-state index contributed by atoms with van der Waals surface area (Å²) in [5.74, 6) is 0.296. The number of rotatable bonds is 84. The largest absolute Gasteiger partial charge is 0.472 e. The van der Waals surface area contributed by atoms with Crippen LogP contribution in [0.5, 0.6) is 0 Å². The van der Waals surface area contributed by atoms with Gasteiger partial charge in [0.05, 0.1) is 26.4 Å². The van der Waals surface area contributed by atoms with Crippen molar-refractivity contribution in [3.63, 3.8) is 0 Å². The van der Waals surface area contributed by atoms with Crippen molar-refractivity contribution in [3.05, 3.63) is 0 Å². The Morgan fingerprint density at radius 1 is 0.276 bits per heavy atom. The van der Waals surface area contributed by atoms with Gasteiger partial charge in [0.1, 0.15) is 19.3 Å². The summed E-state index contributed by atoms with van der Waals surface area (Å²) < 4.78 is 68.9. The quantitative estimate of drug-likeness (QED) is 0.0222. The van der Waals surface area contributed by atoms with Gasteiger partial charge in [0.25, 0.3) is 0 Å². The molecule has 0 aromatic carbocycles. The van der Waals surface area contributed by atoms with Crippen LogP contribution in [-0.2, 0) is 65.4 Å². The smallest absolute Gasteiger partial charge is 0.462 e. The number of aliphatic hydroxyl groups excluding tert-OH is 1. The number of hydrogen-bond donors (Lipinski definition) is 3. The van der Waals surface area contributed by atoms with Gasteiger partial charge >= 0.3 is 39.5 Å². The first kappa shape index (κ1) is 103. The van der Waals surface area contributed by atoms with Crippen molar-refractivity contribution in [2.45, 2.75) is 471 Å². The summed E-state index contributed by atoms with van der Waals surface area (Å²) in [6.07, 6.45) is 66.5. The average Bonchev–Trinajstić information content (AvgIpc) is 0.909.